The summed E-state index contributed by atoms with van der Waals surface area (Å²) in [6, 6.07) is 0. The Morgan fingerprint density at radius 1 is 1.17 bits per heavy atom. The predicted octanol–water partition coefficient (Wildman–Crippen LogP) is 4.43. The van der Waals surface area contributed by atoms with Crippen LogP contribution in [0.3, 0.4) is 0 Å². The third-order valence-electron chi connectivity index (χ3n) is 4.62. The molecular weight excluding hydrogens is 238 g/mol. The van der Waals surface area contributed by atoms with Gasteiger partial charge in [0, 0.05) is 0 Å². The third-order valence-corrected chi connectivity index (χ3v) is 5.55. The van der Waals surface area contributed by atoms with Crippen LogP contribution in [0.1, 0.15) is 53.4 Å². The van der Waals surface area contributed by atoms with Crippen LogP contribution in [0.5, 0.6) is 0 Å². The molecule has 1 N–H and O–H groups in total. The highest BCUT2D eigenvalue weighted by Gasteiger charge is 2.30. The van der Waals surface area contributed by atoms with Crippen LogP contribution in [-0.2, 0) is 0 Å². The summed E-state index contributed by atoms with van der Waals surface area (Å²) in [5.74, 6) is 6.43. The zero-order valence-corrected chi connectivity index (χ0v) is 13.7. The molecule has 0 heterocycles. The molecule has 108 valence electrons. The molecule has 0 aromatic heterocycles. The van der Waals surface area contributed by atoms with E-state index in [4.69, 9.17) is 0 Å². The molecular formula is C16H33NS. The molecule has 0 radical (unpaired) electrons. The van der Waals surface area contributed by atoms with Gasteiger partial charge < -0.3 is 5.32 Å². The van der Waals surface area contributed by atoms with Gasteiger partial charge in [0.05, 0.1) is 0 Å². The zero-order chi connectivity index (χ0) is 13.4. The summed E-state index contributed by atoms with van der Waals surface area (Å²) < 4.78 is 0. The van der Waals surface area contributed by atoms with Crippen molar-refractivity contribution in [3.63, 3.8) is 0 Å². The fraction of sp³-hybridized carbons (Fsp3) is 1.00. The quantitative estimate of drug-likeness (QED) is 0.656. The average Bonchev–Trinajstić information content (AvgIpc) is 2.37. The minimum absolute atomic E-state index is 0.881. The van der Waals surface area contributed by atoms with Gasteiger partial charge >= 0.3 is 0 Å². The van der Waals surface area contributed by atoms with Gasteiger partial charge in [-0.25, -0.2) is 0 Å². The zero-order valence-electron chi connectivity index (χ0n) is 12.9. The molecule has 0 aliphatic heterocycles. The smallest absolute Gasteiger partial charge is 0.00180 e. The van der Waals surface area contributed by atoms with Crippen LogP contribution in [0.4, 0.5) is 0 Å². The molecule has 1 fully saturated rings. The van der Waals surface area contributed by atoms with Gasteiger partial charge in [-0.15, -0.1) is 0 Å². The van der Waals surface area contributed by atoms with Crippen molar-refractivity contribution >= 4 is 11.8 Å². The highest BCUT2D eigenvalue weighted by atomic mass is 32.2. The van der Waals surface area contributed by atoms with Crippen molar-refractivity contribution in [2.75, 3.05) is 24.6 Å². The summed E-state index contributed by atoms with van der Waals surface area (Å²) in [6.45, 7) is 11.7. The van der Waals surface area contributed by atoms with E-state index in [1.165, 1.54) is 43.7 Å². The Bertz CT molecular complexity index is 205. The van der Waals surface area contributed by atoms with Crippen molar-refractivity contribution < 1.29 is 0 Å². The minimum atomic E-state index is 0.881. The lowest BCUT2D eigenvalue weighted by atomic mass is 9.69. The predicted molar refractivity (Wildman–Crippen MR) is 85.3 cm³/mol. The Labute approximate surface area is 119 Å². The summed E-state index contributed by atoms with van der Waals surface area (Å²) in [5, 5.41) is 3.58. The van der Waals surface area contributed by atoms with Crippen LogP contribution in [0.15, 0.2) is 0 Å². The first-order valence-corrected chi connectivity index (χ1v) is 9.12. The number of hydrogen-bond donors (Lipinski definition) is 1. The lowest BCUT2D eigenvalue weighted by Gasteiger charge is -2.38. The first kappa shape index (κ1) is 16.4. The lowest BCUT2D eigenvalue weighted by Crippen LogP contribution is -2.34. The number of nitrogens with one attached hydrogen (secondary N) is 1. The topological polar surface area (TPSA) is 12.0 Å². The van der Waals surface area contributed by atoms with Crippen molar-refractivity contribution in [2.45, 2.75) is 53.4 Å². The molecule has 1 nitrogen and oxygen atoms in total. The fourth-order valence-corrected chi connectivity index (χ4v) is 4.06. The van der Waals surface area contributed by atoms with Crippen LogP contribution in [0.2, 0.25) is 0 Å². The second-order valence-corrected chi connectivity index (χ2v) is 7.52. The highest BCUT2D eigenvalue weighted by molar-refractivity contribution is 7.99. The van der Waals surface area contributed by atoms with Gasteiger partial charge in [-0.05, 0) is 74.0 Å². The second kappa shape index (κ2) is 9.25. The first-order valence-electron chi connectivity index (χ1n) is 7.97. The Morgan fingerprint density at radius 2 is 1.94 bits per heavy atom. The number of rotatable bonds is 8. The molecule has 18 heavy (non-hydrogen) atoms. The number of thioether (sulfide) groups is 1. The van der Waals surface area contributed by atoms with Gasteiger partial charge in [-0.3, -0.25) is 0 Å². The van der Waals surface area contributed by atoms with Crippen molar-refractivity contribution in [1.82, 2.24) is 5.32 Å². The van der Waals surface area contributed by atoms with E-state index in [9.17, 15) is 0 Å². The van der Waals surface area contributed by atoms with Crippen molar-refractivity contribution in [3.05, 3.63) is 0 Å². The maximum absolute atomic E-state index is 3.58. The molecule has 0 spiro atoms. The normalized spacial score (nSPS) is 28.8. The van der Waals surface area contributed by atoms with Crippen molar-refractivity contribution in [1.29, 1.82) is 0 Å². The Balaban J connectivity index is 2.44. The molecule has 0 amide bonds. The van der Waals surface area contributed by atoms with Gasteiger partial charge in [0.15, 0.2) is 0 Å². The van der Waals surface area contributed by atoms with Gasteiger partial charge in [0.2, 0.25) is 0 Å². The highest BCUT2D eigenvalue weighted by Crippen LogP contribution is 2.39. The summed E-state index contributed by atoms with van der Waals surface area (Å²) in [4.78, 5) is 0. The summed E-state index contributed by atoms with van der Waals surface area (Å²) in [6.07, 6.45) is 5.85. The SMILES string of the molecule is CCNCC1CCC(C(C)C)CC1CCSCC. The van der Waals surface area contributed by atoms with Crippen LogP contribution in [-0.4, -0.2) is 24.6 Å². The molecule has 1 aliphatic rings. The van der Waals surface area contributed by atoms with Gasteiger partial charge in [-0.1, -0.05) is 27.7 Å². The second-order valence-electron chi connectivity index (χ2n) is 6.13. The largest absolute Gasteiger partial charge is 0.317 e. The Kier molecular flexibility index (Phi) is 8.41. The monoisotopic (exact) mass is 271 g/mol. The maximum Gasteiger partial charge on any atom is -0.00180 e. The van der Waals surface area contributed by atoms with E-state index in [1.54, 1.807) is 0 Å². The number of hydrogen-bond acceptors (Lipinski definition) is 2. The van der Waals surface area contributed by atoms with E-state index >= 15 is 0 Å². The van der Waals surface area contributed by atoms with Gasteiger partial charge in [0.1, 0.15) is 0 Å². The van der Waals surface area contributed by atoms with E-state index < -0.39 is 0 Å². The van der Waals surface area contributed by atoms with Crippen LogP contribution in [0.25, 0.3) is 0 Å². The van der Waals surface area contributed by atoms with Crippen LogP contribution < -0.4 is 5.32 Å². The first-order chi connectivity index (χ1) is 8.69. The fourth-order valence-electron chi connectivity index (χ4n) is 3.30. The third kappa shape index (κ3) is 5.52. The summed E-state index contributed by atoms with van der Waals surface area (Å²) in [5.41, 5.74) is 0. The van der Waals surface area contributed by atoms with Gasteiger partial charge in [0.25, 0.3) is 0 Å². The van der Waals surface area contributed by atoms with Crippen molar-refractivity contribution in [2.24, 2.45) is 23.7 Å². The van der Waals surface area contributed by atoms with Crippen molar-refractivity contribution in [3.8, 4) is 0 Å². The molecule has 0 aromatic rings. The molecule has 0 aromatic carbocycles. The standard InChI is InChI=1S/C16H33NS/c1-5-17-12-16-8-7-14(13(3)4)11-15(16)9-10-18-6-2/h13-17H,5-12H2,1-4H3. The molecule has 0 bridgehead atoms. The van der Waals surface area contributed by atoms with Crippen LogP contribution in [0, 0.1) is 23.7 Å². The summed E-state index contributed by atoms with van der Waals surface area (Å²) >= 11 is 2.12. The molecule has 2 heteroatoms. The maximum atomic E-state index is 3.58. The van der Waals surface area contributed by atoms with E-state index in [2.05, 4.69) is 44.8 Å². The lowest BCUT2D eigenvalue weighted by molar-refractivity contribution is 0.143. The Hall–Kier alpha value is 0.310. The average molecular weight is 272 g/mol. The Morgan fingerprint density at radius 3 is 2.56 bits per heavy atom. The summed E-state index contributed by atoms with van der Waals surface area (Å²) in [7, 11) is 0. The van der Waals surface area contributed by atoms with E-state index in [1.807, 2.05) is 0 Å². The van der Waals surface area contributed by atoms with E-state index in [-0.39, 0.29) is 0 Å². The molecule has 3 unspecified atom stereocenters. The van der Waals surface area contributed by atoms with E-state index in [0.29, 0.717) is 0 Å². The van der Waals surface area contributed by atoms with Crippen LogP contribution >= 0.6 is 11.8 Å². The van der Waals surface area contributed by atoms with E-state index in [0.717, 1.165) is 30.2 Å². The molecule has 0 saturated heterocycles. The molecule has 3 atom stereocenters. The molecule has 1 rings (SSSR count). The minimum Gasteiger partial charge on any atom is -0.317 e. The molecule has 1 aliphatic carbocycles. The van der Waals surface area contributed by atoms with Gasteiger partial charge in [-0.2, -0.15) is 11.8 Å². The molecule has 1 saturated carbocycles.